The van der Waals surface area contributed by atoms with Gasteiger partial charge < -0.3 is 14.7 Å². The molecule has 2 atom stereocenters. The van der Waals surface area contributed by atoms with Crippen LogP contribution in [0.1, 0.15) is 39.1 Å². The molecule has 0 bridgehead atoms. The molecule has 1 saturated heterocycles. The van der Waals surface area contributed by atoms with Gasteiger partial charge in [0.25, 0.3) is 0 Å². The maximum atomic E-state index is 5.48. The van der Waals surface area contributed by atoms with E-state index in [0.29, 0.717) is 12.0 Å². The van der Waals surface area contributed by atoms with E-state index in [1.807, 2.05) is 0 Å². The number of likely N-dealkylation sites (tertiary alicyclic amines) is 1. The minimum Gasteiger partial charge on any atom is -0.360 e. The summed E-state index contributed by atoms with van der Waals surface area (Å²) in [6.45, 7) is 12.6. The van der Waals surface area contributed by atoms with E-state index in [9.17, 15) is 0 Å². The predicted octanol–water partition coefficient (Wildman–Crippen LogP) is 1.94. The van der Waals surface area contributed by atoms with Crippen LogP contribution in [-0.2, 0) is 13.1 Å². The molecule has 1 aromatic rings. The molecule has 0 aliphatic carbocycles. The molecule has 2 unspecified atom stereocenters. The molecule has 1 fully saturated rings. The number of aromatic nitrogens is 1. The van der Waals surface area contributed by atoms with Gasteiger partial charge in [0.1, 0.15) is 0 Å². The van der Waals surface area contributed by atoms with Crippen LogP contribution in [-0.4, -0.2) is 53.7 Å². The summed E-state index contributed by atoms with van der Waals surface area (Å²) in [5, 5.41) is 7.59. The van der Waals surface area contributed by atoms with Crippen LogP contribution in [0.15, 0.2) is 10.6 Å². The Morgan fingerprint density at radius 3 is 2.67 bits per heavy atom. The summed E-state index contributed by atoms with van der Waals surface area (Å²) >= 11 is 0. The first-order valence-electron chi connectivity index (χ1n) is 7.83. The van der Waals surface area contributed by atoms with Gasteiger partial charge in [-0.05, 0) is 40.8 Å². The van der Waals surface area contributed by atoms with Gasteiger partial charge in [0.15, 0.2) is 5.76 Å². The van der Waals surface area contributed by atoms with Gasteiger partial charge >= 0.3 is 0 Å². The highest BCUT2D eigenvalue weighted by molar-refractivity contribution is 5.06. The molecular weight excluding hydrogens is 264 g/mol. The summed E-state index contributed by atoms with van der Waals surface area (Å²) in [7, 11) is 4.32. The molecule has 21 heavy (non-hydrogen) atoms. The van der Waals surface area contributed by atoms with Crippen LogP contribution < -0.4 is 5.32 Å². The molecule has 120 valence electrons. The Morgan fingerprint density at radius 2 is 2.10 bits per heavy atom. The van der Waals surface area contributed by atoms with E-state index in [4.69, 9.17) is 4.52 Å². The molecule has 1 aliphatic rings. The van der Waals surface area contributed by atoms with E-state index in [0.717, 1.165) is 37.6 Å². The van der Waals surface area contributed by atoms with E-state index >= 15 is 0 Å². The highest BCUT2D eigenvalue weighted by Crippen LogP contribution is 2.22. The van der Waals surface area contributed by atoms with E-state index in [1.165, 1.54) is 0 Å². The van der Waals surface area contributed by atoms with Crippen molar-refractivity contribution < 1.29 is 4.52 Å². The van der Waals surface area contributed by atoms with Crippen molar-refractivity contribution in [2.45, 2.75) is 52.4 Å². The summed E-state index contributed by atoms with van der Waals surface area (Å²) in [4.78, 5) is 4.78. The van der Waals surface area contributed by atoms with Crippen molar-refractivity contribution in [1.82, 2.24) is 20.3 Å². The third-order valence-corrected chi connectivity index (χ3v) is 4.10. The first-order valence-corrected chi connectivity index (χ1v) is 7.83. The maximum absolute atomic E-state index is 5.48. The summed E-state index contributed by atoms with van der Waals surface area (Å²) in [5.41, 5.74) is 1.08. The number of rotatable bonds is 5. The SMILES string of the molecule is CC1CN(Cc2cc(CNC(C)(C)C)no2)CC1N(C)C. The van der Waals surface area contributed by atoms with E-state index in [-0.39, 0.29) is 5.54 Å². The number of hydrogen-bond acceptors (Lipinski definition) is 5. The Bertz CT molecular complexity index is 449. The Balaban J connectivity index is 1.86. The lowest BCUT2D eigenvalue weighted by molar-refractivity contribution is 0.237. The van der Waals surface area contributed by atoms with Gasteiger partial charge in [0, 0.05) is 37.3 Å². The molecule has 0 amide bonds. The number of nitrogens with one attached hydrogen (secondary N) is 1. The molecule has 1 aliphatic heterocycles. The zero-order valence-electron chi connectivity index (χ0n) is 14.3. The third kappa shape index (κ3) is 4.80. The zero-order valence-corrected chi connectivity index (χ0v) is 14.3. The lowest BCUT2D eigenvalue weighted by atomic mass is 10.1. The topological polar surface area (TPSA) is 44.5 Å². The predicted molar refractivity (Wildman–Crippen MR) is 85.0 cm³/mol. The summed E-state index contributed by atoms with van der Waals surface area (Å²) in [5.74, 6) is 1.66. The number of nitrogens with zero attached hydrogens (tertiary/aromatic N) is 3. The molecule has 5 heteroatoms. The Hall–Kier alpha value is -0.910. The minimum absolute atomic E-state index is 0.0996. The normalized spacial score (nSPS) is 24.1. The molecule has 1 N–H and O–H groups in total. The molecule has 0 radical (unpaired) electrons. The maximum Gasteiger partial charge on any atom is 0.151 e. The second-order valence-electron chi connectivity index (χ2n) is 7.59. The second kappa shape index (κ2) is 6.46. The first-order chi connectivity index (χ1) is 9.74. The van der Waals surface area contributed by atoms with Gasteiger partial charge in [0.2, 0.25) is 0 Å². The summed E-state index contributed by atoms with van der Waals surface area (Å²) in [6, 6.07) is 2.71. The van der Waals surface area contributed by atoms with Crippen molar-refractivity contribution in [1.29, 1.82) is 0 Å². The highest BCUT2D eigenvalue weighted by atomic mass is 16.5. The van der Waals surface area contributed by atoms with Gasteiger partial charge in [-0.1, -0.05) is 12.1 Å². The molecular formula is C16H30N4O. The zero-order chi connectivity index (χ0) is 15.6. The lowest BCUT2D eigenvalue weighted by Gasteiger charge is -2.22. The Kier molecular flexibility index (Phi) is 5.07. The van der Waals surface area contributed by atoms with Gasteiger partial charge in [0.05, 0.1) is 12.2 Å². The standard InChI is InChI=1S/C16H30N4O/c1-12-9-20(11-15(12)19(5)6)10-14-7-13(18-21-14)8-17-16(2,3)4/h7,12,15,17H,8-11H2,1-6H3. The van der Waals surface area contributed by atoms with E-state index in [2.05, 4.69) is 68.1 Å². The Labute approximate surface area is 128 Å². The van der Waals surface area contributed by atoms with E-state index in [1.54, 1.807) is 0 Å². The van der Waals surface area contributed by atoms with Crippen molar-refractivity contribution in [3.63, 3.8) is 0 Å². The van der Waals surface area contributed by atoms with Crippen molar-refractivity contribution in [3.05, 3.63) is 17.5 Å². The van der Waals surface area contributed by atoms with Crippen LogP contribution in [0.3, 0.4) is 0 Å². The van der Waals surface area contributed by atoms with Crippen LogP contribution in [0.2, 0.25) is 0 Å². The highest BCUT2D eigenvalue weighted by Gasteiger charge is 2.31. The molecule has 2 rings (SSSR count). The van der Waals surface area contributed by atoms with Gasteiger partial charge in [-0.25, -0.2) is 0 Å². The van der Waals surface area contributed by atoms with Gasteiger partial charge in [-0.3, -0.25) is 4.90 Å². The lowest BCUT2D eigenvalue weighted by Crippen LogP contribution is -2.35. The van der Waals surface area contributed by atoms with Crippen molar-refractivity contribution in [3.8, 4) is 0 Å². The van der Waals surface area contributed by atoms with Gasteiger partial charge in [-0.2, -0.15) is 0 Å². The summed E-state index contributed by atoms with van der Waals surface area (Å²) < 4.78 is 5.48. The van der Waals surface area contributed by atoms with Crippen LogP contribution in [0.5, 0.6) is 0 Å². The minimum atomic E-state index is 0.0996. The largest absolute Gasteiger partial charge is 0.360 e. The first kappa shape index (κ1) is 16.5. The molecule has 0 spiro atoms. The molecule has 5 nitrogen and oxygen atoms in total. The molecule has 0 saturated carbocycles. The summed E-state index contributed by atoms with van der Waals surface area (Å²) in [6.07, 6.45) is 0. The van der Waals surface area contributed by atoms with Crippen LogP contribution >= 0.6 is 0 Å². The number of hydrogen-bond donors (Lipinski definition) is 1. The molecule has 2 heterocycles. The van der Waals surface area contributed by atoms with Crippen molar-refractivity contribution >= 4 is 0 Å². The molecule has 0 aromatic carbocycles. The quantitative estimate of drug-likeness (QED) is 0.899. The smallest absolute Gasteiger partial charge is 0.151 e. The van der Waals surface area contributed by atoms with Crippen LogP contribution in [0.25, 0.3) is 0 Å². The van der Waals surface area contributed by atoms with Gasteiger partial charge in [-0.15, -0.1) is 0 Å². The average molecular weight is 294 g/mol. The van der Waals surface area contributed by atoms with Crippen molar-refractivity contribution in [2.24, 2.45) is 5.92 Å². The van der Waals surface area contributed by atoms with Crippen molar-refractivity contribution in [2.75, 3.05) is 27.2 Å². The van der Waals surface area contributed by atoms with Crippen LogP contribution in [0.4, 0.5) is 0 Å². The average Bonchev–Trinajstić information content (AvgIpc) is 2.93. The third-order valence-electron chi connectivity index (χ3n) is 4.10. The monoisotopic (exact) mass is 294 g/mol. The fourth-order valence-corrected chi connectivity index (χ4v) is 2.94. The van der Waals surface area contributed by atoms with E-state index < -0.39 is 0 Å². The van der Waals surface area contributed by atoms with Crippen LogP contribution in [0, 0.1) is 5.92 Å². The Morgan fingerprint density at radius 1 is 1.38 bits per heavy atom. The fourth-order valence-electron chi connectivity index (χ4n) is 2.94. The second-order valence-corrected chi connectivity index (χ2v) is 7.59. The molecule has 1 aromatic heterocycles. The number of likely N-dealkylation sites (N-methyl/N-ethyl adjacent to an activating group) is 1. The fraction of sp³-hybridized carbons (Fsp3) is 0.812.